The van der Waals surface area contributed by atoms with Crippen LogP contribution in [0.25, 0.3) is 0 Å². The van der Waals surface area contributed by atoms with Gasteiger partial charge in [0.25, 0.3) is 0 Å². The number of hydrogen-bond acceptors (Lipinski definition) is 2. The molecule has 0 aliphatic carbocycles. The molecule has 0 aromatic carbocycles. The predicted molar refractivity (Wildman–Crippen MR) is 44.7 cm³/mol. The number of nitrogens with zero attached hydrogens (tertiary/aromatic N) is 1. The lowest BCUT2D eigenvalue weighted by Crippen LogP contribution is -2.64. The van der Waals surface area contributed by atoms with Crippen molar-refractivity contribution in [3.8, 4) is 12.3 Å². The molecule has 0 bridgehead atoms. The fraction of sp³-hybridized carbons (Fsp3) is 0.625. The number of aliphatic hydroxyl groups excluding tert-OH is 1. The van der Waals surface area contributed by atoms with Gasteiger partial charge in [-0.15, -0.1) is 6.42 Å². The molecule has 1 rings (SSSR count). The van der Waals surface area contributed by atoms with Gasteiger partial charge in [0.05, 0.1) is 26.2 Å². The van der Waals surface area contributed by atoms with Gasteiger partial charge in [-0.2, -0.15) is 0 Å². The summed E-state index contributed by atoms with van der Waals surface area (Å²) in [6.45, 7) is -0.556. The van der Waals surface area contributed by atoms with Gasteiger partial charge in [-0.25, -0.2) is 9.18 Å². The molecule has 1 aliphatic heterocycles. The van der Waals surface area contributed by atoms with E-state index in [1.165, 1.54) is 4.90 Å². The number of hydrogen-bond donors (Lipinski definition) is 2. The average Bonchev–Trinajstić information content (AvgIpc) is 2.09. The summed E-state index contributed by atoms with van der Waals surface area (Å²) in [7, 11) is 0. The number of nitrogens with one attached hydrogen (secondary N) is 1. The molecule has 0 atom stereocenters. The van der Waals surface area contributed by atoms with Gasteiger partial charge in [0.2, 0.25) is 0 Å². The summed E-state index contributed by atoms with van der Waals surface area (Å²) in [6, 6.07) is -0.389. The van der Waals surface area contributed by atoms with E-state index in [2.05, 4.69) is 11.2 Å². The first-order valence-electron chi connectivity index (χ1n) is 3.87. The highest BCUT2D eigenvalue weighted by atomic mass is 19.1. The third-order valence-electron chi connectivity index (χ3n) is 1.86. The van der Waals surface area contributed by atoms with E-state index in [1.54, 1.807) is 0 Å². The second-order valence-electron chi connectivity index (χ2n) is 3.03. The zero-order chi connectivity index (χ0) is 9.90. The smallest absolute Gasteiger partial charge is 0.318 e. The van der Waals surface area contributed by atoms with Crippen molar-refractivity contribution in [1.82, 2.24) is 10.2 Å². The summed E-state index contributed by atoms with van der Waals surface area (Å²) in [6.07, 6.45) is 4.92. The summed E-state index contributed by atoms with van der Waals surface area (Å²) in [4.78, 5) is 12.3. The molecule has 1 fully saturated rings. The predicted octanol–water partition coefficient (Wildman–Crippen LogP) is -0.655. The van der Waals surface area contributed by atoms with Gasteiger partial charge in [-0.05, 0) is 0 Å². The van der Waals surface area contributed by atoms with E-state index in [4.69, 9.17) is 11.5 Å². The molecular weight excluding hydrogens is 175 g/mol. The molecule has 0 saturated carbocycles. The van der Waals surface area contributed by atoms with Crippen LogP contribution >= 0.6 is 0 Å². The molecule has 5 heteroatoms. The number of alkyl halides is 1. The number of aliphatic hydroxyl groups is 1. The minimum atomic E-state index is -1.62. The molecule has 4 nitrogen and oxygen atoms in total. The first-order chi connectivity index (χ1) is 6.11. The molecule has 0 radical (unpaired) electrons. The number of halogens is 1. The van der Waals surface area contributed by atoms with Crippen LogP contribution in [0.4, 0.5) is 9.18 Å². The van der Waals surface area contributed by atoms with E-state index in [0.29, 0.717) is 0 Å². The van der Waals surface area contributed by atoms with Crippen molar-refractivity contribution in [2.24, 2.45) is 0 Å². The molecule has 1 saturated heterocycles. The lowest BCUT2D eigenvalue weighted by atomic mass is 9.98. The number of likely N-dealkylation sites (tertiary alicyclic amines) is 1. The topological polar surface area (TPSA) is 52.6 Å². The van der Waals surface area contributed by atoms with E-state index in [0.717, 1.165) is 0 Å². The van der Waals surface area contributed by atoms with Crippen LogP contribution in [0.5, 0.6) is 0 Å². The number of carbonyl (C=O) groups excluding carboxylic acids is 1. The Morgan fingerprint density at radius 3 is 2.85 bits per heavy atom. The fourth-order valence-corrected chi connectivity index (χ4v) is 1.12. The molecule has 0 aromatic heterocycles. The molecule has 1 heterocycles. The zero-order valence-corrected chi connectivity index (χ0v) is 7.09. The number of amides is 2. The fourth-order valence-electron chi connectivity index (χ4n) is 1.12. The van der Waals surface area contributed by atoms with Crippen molar-refractivity contribution in [1.29, 1.82) is 0 Å². The van der Waals surface area contributed by atoms with Gasteiger partial charge >= 0.3 is 6.03 Å². The number of rotatable bonds is 2. The van der Waals surface area contributed by atoms with E-state index < -0.39 is 12.3 Å². The second-order valence-corrected chi connectivity index (χ2v) is 3.03. The second kappa shape index (κ2) is 3.62. The van der Waals surface area contributed by atoms with Gasteiger partial charge in [-0.1, -0.05) is 5.92 Å². The number of terminal acetylenes is 1. The Hall–Kier alpha value is -1.28. The standard InChI is InChI=1S/C8H11FN2O2/c1-2-3-10-7(13)11-4-8(9,5-11)6-12/h1,12H,3-6H2,(H,10,13). The van der Waals surface area contributed by atoms with Crippen LogP contribution in [-0.4, -0.2) is 47.9 Å². The minimum Gasteiger partial charge on any atom is -0.393 e. The Bertz CT molecular complexity index is 243. The molecule has 13 heavy (non-hydrogen) atoms. The van der Waals surface area contributed by atoms with Crippen LogP contribution in [0.3, 0.4) is 0 Å². The normalized spacial score (nSPS) is 18.7. The molecule has 0 unspecified atom stereocenters. The van der Waals surface area contributed by atoms with Crippen molar-refractivity contribution >= 4 is 6.03 Å². The van der Waals surface area contributed by atoms with Crippen molar-refractivity contribution in [3.63, 3.8) is 0 Å². The first kappa shape index (κ1) is 9.81. The monoisotopic (exact) mass is 186 g/mol. The van der Waals surface area contributed by atoms with E-state index >= 15 is 0 Å². The van der Waals surface area contributed by atoms with Gasteiger partial charge in [0.1, 0.15) is 0 Å². The van der Waals surface area contributed by atoms with Crippen molar-refractivity contribution in [3.05, 3.63) is 0 Å². The maximum Gasteiger partial charge on any atom is 0.318 e. The van der Waals surface area contributed by atoms with Crippen LogP contribution in [0.2, 0.25) is 0 Å². The molecule has 2 N–H and O–H groups in total. The Labute approximate surface area is 75.7 Å². The van der Waals surface area contributed by atoms with Crippen LogP contribution in [0.1, 0.15) is 0 Å². The summed E-state index contributed by atoms with van der Waals surface area (Å²) >= 11 is 0. The maximum absolute atomic E-state index is 13.1. The summed E-state index contributed by atoms with van der Waals surface area (Å²) < 4.78 is 13.1. The van der Waals surface area contributed by atoms with E-state index in [9.17, 15) is 9.18 Å². The van der Waals surface area contributed by atoms with Crippen molar-refractivity contribution in [2.75, 3.05) is 26.2 Å². The average molecular weight is 186 g/mol. The van der Waals surface area contributed by atoms with Gasteiger partial charge < -0.3 is 15.3 Å². The Kier molecular flexibility index (Phi) is 2.73. The molecular formula is C8H11FN2O2. The lowest BCUT2D eigenvalue weighted by Gasteiger charge is -2.42. The van der Waals surface area contributed by atoms with Crippen LogP contribution in [0.15, 0.2) is 0 Å². The van der Waals surface area contributed by atoms with Crippen LogP contribution in [-0.2, 0) is 0 Å². The van der Waals surface area contributed by atoms with Crippen molar-refractivity contribution < 1.29 is 14.3 Å². The highest BCUT2D eigenvalue weighted by molar-refractivity contribution is 5.75. The van der Waals surface area contributed by atoms with Gasteiger partial charge in [0, 0.05) is 0 Å². The third kappa shape index (κ3) is 2.10. The zero-order valence-electron chi connectivity index (χ0n) is 7.09. The molecule has 0 aromatic rings. The summed E-state index contributed by atoms with van der Waals surface area (Å²) in [5, 5.41) is 11.0. The van der Waals surface area contributed by atoms with Crippen LogP contribution in [0, 0.1) is 12.3 Å². The maximum atomic E-state index is 13.1. The molecule has 1 aliphatic rings. The quantitative estimate of drug-likeness (QED) is 0.563. The molecule has 72 valence electrons. The molecule has 0 spiro atoms. The lowest BCUT2D eigenvalue weighted by molar-refractivity contribution is -0.0439. The highest BCUT2D eigenvalue weighted by Crippen LogP contribution is 2.24. The van der Waals surface area contributed by atoms with E-state index in [1.807, 2.05) is 0 Å². The largest absolute Gasteiger partial charge is 0.393 e. The third-order valence-corrected chi connectivity index (χ3v) is 1.86. The van der Waals surface area contributed by atoms with Gasteiger partial charge in [-0.3, -0.25) is 0 Å². The minimum absolute atomic E-state index is 0.0695. The summed E-state index contributed by atoms with van der Waals surface area (Å²) in [5.41, 5.74) is -1.62. The Morgan fingerprint density at radius 2 is 2.38 bits per heavy atom. The number of urea groups is 1. The molecule has 2 amide bonds. The summed E-state index contributed by atoms with van der Waals surface area (Å²) in [5.74, 6) is 2.23. The highest BCUT2D eigenvalue weighted by Gasteiger charge is 2.45. The Morgan fingerprint density at radius 1 is 1.77 bits per heavy atom. The van der Waals surface area contributed by atoms with Gasteiger partial charge in [0.15, 0.2) is 5.67 Å². The number of carbonyl (C=O) groups is 1. The van der Waals surface area contributed by atoms with Crippen molar-refractivity contribution in [2.45, 2.75) is 5.67 Å². The van der Waals surface area contributed by atoms with Crippen LogP contribution < -0.4 is 5.32 Å². The first-order valence-corrected chi connectivity index (χ1v) is 3.87. The van der Waals surface area contributed by atoms with E-state index in [-0.39, 0.29) is 25.7 Å². The SMILES string of the molecule is C#CCNC(=O)N1CC(F)(CO)C1. The Balaban J connectivity index is 2.27.